The second kappa shape index (κ2) is 11.6. The van der Waals surface area contributed by atoms with E-state index in [9.17, 15) is 26.4 Å². The third-order valence-corrected chi connectivity index (χ3v) is 9.97. The van der Waals surface area contributed by atoms with Gasteiger partial charge in [0.1, 0.15) is 0 Å². The second-order valence-corrected chi connectivity index (χ2v) is 13.5. The molecular weight excluding hydrogens is 581 g/mol. The zero-order valence-electron chi connectivity index (χ0n) is 24.0. The average Bonchev–Trinajstić information content (AvgIpc) is 3.35. The number of nitrogens with zero attached hydrogens (tertiary/aromatic N) is 5. The number of alkyl halides is 3. The van der Waals surface area contributed by atoms with E-state index in [0.29, 0.717) is 37.3 Å². The fourth-order valence-corrected chi connectivity index (χ4v) is 7.24. The van der Waals surface area contributed by atoms with Crippen LogP contribution in [0.5, 0.6) is 0 Å². The first-order valence-electron chi connectivity index (χ1n) is 14.6. The van der Waals surface area contributed by atoms with Crippen molar-refractivity contribution < 1.29 is 26.4 Å². The summed E-state index contributed by atoms with van der Waals surface area (Å²) >= 11 is 0. The number of anilines is 1. The molecule has 4 heterocycles. The number of rotatable bonds is 7. The number of hydrogen-bond acceptors (Lipinski definition) is 5. The Kier molecular flexibility index (Phi) is 7.99. The van der Waals surface area contributed by atoms with Gasteiger partial charge in [0.2, 0.25) is 10.0 Å². The molecule has 6 rings (SSSR count). The number of fused-ring (bicyclic) bond motifs is 2. The van der Waals surface area contributed by atoms with E-state index in [1.54, 1.807) is 0 Å². The van der Waals surface area contributed by atoms with E-state index in [2.05, 4.69) is 10.2 Å². The molecule has 3 aromatic rings. The van der Waals surface area contributed by atoms with Crippen LogP contribution >= 0.6 is 0 Å². The lowest BCUT2D eigenvalue weighted by Crippen LogP contribution is -2.53. The summed E-state index contributed by atoms with van der Waals surface area (Å²) < 4.78 is 67.3. The van der Waals surface area contributed by atoms with Gasteiger partial charge in [-0.15, -0.1) is 0 Å². The van der Waals surface area contributed by atoms with Gasteiger partial charge in [-0.25, -0.2) is 13.2 Å². The number of aryl methyl sites for hydroxylation is 1. The molecule has 230 valence electrons. The van der Waals surface area contributed by atoms with Gasteiger partial charge in [0.05, 0.1) is 23.2 Å². The molecule has 0 saturated carbocycles. The highest BCUT2D eigenvalue weighted by atomic mass is 32.2. The number of piperidine rings is 1. The average molecular weight is 617 g/mol. The molecular formula is C30H35F3N6O3S. The molecule has 0 bridgehead atoms. The molecule has 3 aliphatic heterocycles. The summed E-state index contributed by atoms with van der Waals surface area (Å²) in [6, 6.07) is 13.0. The van der Waals surface area contributed by atoms with Crippen molar-refractivity contribution in [1.29, 1.82) is 0 Å². The molecule has 1 fully saturated rings. The highest BCUT2D eigenvalue weighted by Crippen LogP contribution is 2.35. The van der Waals surface area contributed by atoms with Crippen molar-refractivity contribution in [3.8, 4) is 11.3 Å². The smallest absolute Gasteiger partial charge is 0.334 e. The fourth-order valence-electron chi connectivity index (χ4n) is 6.45. The zero-order valence-corrected chi connectivity index (χ0v) is 24.8. The fraction of sp³-hybridized carbons (Fsp3) is 0.467. The number of carbonyl (C=O) groups excluding carboxylic acids is 1. The van der Waals surface area contributed by atoms with Crippen molar-refractivity contribution >= 4 is 21.7 Å². The first-order chi connectivity index (χ1) is 20.5. The van der Waals surface area contributed by atoms with Gasteiger partial charge in [0.15, 0.2) is 0 Å². The molecule has 13 heteroatoms. The number of para-hydroxylation sites is 1. The molecule has 1 N–H and O–H groups in total. The van der Waals surface area contributed by atoms with Gasteiger partial charge in [-0.2, -0.15) is 22.6 Å². The minimum Gasteiger partial charge on any atom is -0.334 e. The largest absolute Gasteiger partial charge is 0.416 e. The molecule has 2 amide bonds. The van der Waals surface area contributed by atoms with Crippen LogP contribution in [-0.4, -0.2) is 71.9 Å². The van der Waals surface area contributed by atoms with Gasteiger partial charge in [-0.05, 0) is 49.6 Å². The third kappa shape index (κ3) is 6.16. The van der Waals surface area contributed by atoms with E-state index >= 15 is 0 Å². The SMILES string of the molecule is CS(=O)(=O)N1CCc2c(c(-c3ccc(C(F)(F)F)cc3)nn2CCCN2CCC(N3C(=O)NCc4ccccc43)CC2)C1. The molecule has 1 aromatic heterocycles. The number of halogens is 3. The van der Waals surface area contributed by atoms with Gasteiger partial charge in [0, 0.05) is 68.6 Å². The number of urea groups is 1. The predicted octanol–water partition coefficient (Wildman–Crippen LogP) is 4.47. The molecule has 9 nitrogen and oxygen atoms in total. The number of hydrogen-bond donors (Lipinski definition) is 1. The Morgan fingerprint density at radius 1 is 1.00 bits per heavy atom. The number of likely N-dealkylation sites (tertiary alicyclic amines) is 1. The number of nitrogens with one attached hydrogen (secondary N) is 1. The summed E-state index contributed by atoms with van der Waals surface area (Å²) in [6.07, 6.45) is -0.227. The Labute approximate surface area is 249 Å². The predicted molar refractivity (Wildman–Crippen MR) is 157 cm³/mol. The van der Waals surface area contributed by atoms with E-state index in [0.717, 1.165) is 73.5 Å². The first-order valence-corrected chi connectivity index (χ1v) is 16.4. The van der Waals surface area contributed by atoms with E-state index in [-0.39, 0.29) is 18.6 Å². The lowest BCUT2D eigenvalue weighted by atomic mass is 10.00. The first kappa shape index (κ1) is 29.6. The minimum absolute atomic E-state index is 0.0427. The lowest BCUT2D eigenvalue weighted by Gasteiger charge is -2.41. The number of sulfonamides is 1. The van der Waals surface area contributed by atoms with Crippen LogP contribution in [0.25, 0.3) is 11.3 Å². The minimum atomic E-state index is -4.44. The van der Waals surface area contributed by atoms with Crippen LogP contribution < -0.4 is 10.2 Å². The molecule has 43 heavy (non-hydrogen) atoms. The molecule has 0 atom stereocenters. The van der Waals surface area contributed by atoms with Crippen molar-refractivity contribution in [3.63, 3.8) is 0 Å². The van der Waals surface area contributed by atoms with Crippen LogP contribution in [0.3, 0.4) is 0 Å². The number of benzene rings is 2. The molecule has 0 spiro atoms. The van der Waals surface area contributed by atoms with Gasteiger partial charge in [-0.1, -0.05) is 30.3 Å². The summed E-state index contributed by atoms with van der Waals surface area (Å²) in [5.41, 5.74) is 4.12. The second-order valence-electron chi connectivity index (χ2n) is 11.5. The maximum Gasteiger partial charge on any atom is 0.416 e. The van der Waals surface area contributed by atoms with E-state index in [1.807, 2.05) is 33.8 Å². The standard InChI is InChI=1S/C30H35F3N6O3S/c1-43(41,42)37-18-13-27-25(20-37)28(21-7-9-23(10-8-21)30(31,32)33)35-38(27)15-4-14-36-16-11-24(12-17-36)39-26-6-3-2-5-22(26)19-34-29(39)40/h2-3,5-10,24H,4,11-20H2,1H3,(H,34,40). The van der Waals surface area contributed by atoms with Crippen LogP contribution in [-0.2, 0) is 42.3 Å². The molecule has 0 aliphatic carbocycles. The van der Waals surface area contributed by atoms with Crippen molar-refractivity contribution in [2.75, 3.05) is 37.3 Å². The Balaban J connectivity index is 1.12. The molecule has 2 aromatic carbocycles. The Morgan fingerprint density at radius 3 is 2.42 bits per heavy atom. The quantitative estimate of drug-likeness (QED) is 0.423. The van der Waals surface area contributed by atoms with Crippen LogP contribution in [0.1, 0.15) is 41.6 Å². The van der Waals surface area contributed by atoms with Crippen LogP contribution in [0.15, 0.2) is 48.5 Å². The van der Waals surface area contributed by atoms with Crippen molar-refractivity contribution in [3.05, 3.63) is 70.9 Å². The van der Waals surface area contributed by atoms with Gasteiger partial charge in [0.25, 0.3) is 0 Å². The summed E-state index contributed by atoms with van der Waals surface area (Å²) in [4.78, 5) is 17.0. The van der Waals surface area contributed by atoms with Crippen LogP contribution in [0.4, 0.5) is 23.7 Å². The number of carbonyl (C=O) groups is 1. The third-order valence-electron chi connectivity index (χ3n) is 8.72. The lowest BCUT2D eigenvalue weighted by molar-refractivity contribution is -0.137. The Hall–Kier alpha value is -3.42. The van der Waals surface area contributed by atoms with Crippen LogP contribution in [0, 0.1) is 0 Å². The topological polar surface area (TPSA) is 90.8 Å². The molecule has 0 unspecified atom stereocenters. The van der Waals surface area contributed by atoms with E-state index in [1.165, 1.54) is 22.7 Å². The maximum atomic E-state index is 13.2. The summed E-state index contributed by atoms with van der Waals surface area (Å²) in [5, 5.41) is 7.79. The highest BCUT2D eigenvalue weighted by molar-refractivity contribution is 7.88. The van der Waals surface area contributed by atoms with E-state index < -0.39 is 21.8 Å². The number of aromatic nitrogens is 2. The van der Waals surface area contributed by atoms with Crippen molar-refractivity contribution in [2.45, 2.75) is 57.5 Å². The maximum absolute atomic E-state index is 13.2. The van der Waals surface area contributed by atoms with Gasteiger partial charge < -0.3 is 10.2 Å². The van der Waals surface area contributed by atoms with Gasteiger partial charge >= 0.3 is 12.2 Å². The number of amides is 2. The van der Waals surface area contributed by atoms with Crippen molar-refractivity contribution in [2.24, 2.45) is 0 Å². The Bertz CT molecular complexity index is 1600. The molecule has 1 saturated heterocycles. The summed E-state index contributed by atoms with van der Waals surface area (Å²) in [7, 11) is -3.44. The molecule has 0 radical (unpaired) electrons. The highest BCUT2D eigenvalue weighted by Gasteiger charge is 2.34. The summed E-state index contributed by atoms with van der Waals surface area (Å²) in [6.45, 7) is 4.23. The van der Waals surface area contributed by atoms with E-state index in [4.69, 9.17) is 5.10 Å². The van der Waals surface area contributed by atoms with Crippen molar-refractivity contribution in [1.82, 2.24) is 24.3 Å². The zero-order chi connectivity index (χ0) is 30.4. The normalized spacial score (nSPS) is 18.8. The van der Waals surface area contributed by atoms with Crippen LogP contribution in [0.2, 0.25) is 0 Å². The summed E-state index contributed by atoms with van der Waals surface area (Å²) in [5.74, 6) is 0. The molecule has 3 aliphatic rings. The monoisotopic (exact) mass is 616 g/mol. The van der Waals surface area contributed by atoms with Gasteiger partial charge in [-0.3, -0.25) is 9.58 Å². The Morgan fingerprint density at radius 2 is 1.72 bits per heavy atom.